The second-order valence-electron chi connectivity index (χ2n) is 4.00. The molecule has 0 saturated carbocycles. The van der Waals surface area contributed by atoms with Crippen LogP contribution in [0.2, 0.25) is 0 Å². The number of aromatic amines is 1. The molecule has 0 fully saturated rings. The van der Waals surface area contributed by atoms with Crippen LogP contribution in [0.4, 0.5) is 5.82 Å². The highest BCUT2D eigenvalue weighted by molar-refractivity contribution is 5.91. The van der Waals surface area contributed by atoms with Gasteiger partial charge in [0.2, 0.25) is 5.91 Å². The first-order valence-electron chi connectivity index (χ1n) is 5.62. The molecule has 0 aliphatic carbocycles. The maximum Gasteiger partial charge on any atom is 0.229 e. The van der Waals surface area contributed by atoms with Crippen molar-refractivity contribution in [3.63, 3.8) is 0 Å². The summed E-state index contributed by atoms with van der Waals surface area (Å²) in [6.45, 7) is 1.88. The van der Waals surface area contributed by atoms with Crippen molar-refractivity contribution < 1.29 is 9.53 Å². The summed E-state index contributed by atoms with van der Waals surface area (Å²) in [5.74, 6) is 1.30. The van der Waals surface area contributed by atoms with Crippen molar-refractivity contribution in [2.45, 2.75) is 13.3 Å². The van der Waals surface area contributed by atoms with Crippen LogP contribution in [0.3, 0.4) is 0 Å². The lowest BCUT2D eigenvalue weighted by Gasteiger charge is -2.05. The zero-order valence-electron chi connectivity index (χ0n) is 10.4. The SMILES string of the molecule is COc1cccc(CC(=O)Nc2[nH]ncc2C)c1. The summed E-state index contributed by atoms with van der Waals surface area (Å²) in [6.07, 6.45) is 1.97. The number of methoxy groups -OCH3 is 1. The molecule has 2 rings (SSSR count). The fraction of sp³-hybridized carbons (Fsp3) is 0.231. The molecule has 0 aliphatic rings. The van der Waals surface area contributed by atoms with Crippen molar-refractivity contribution in [3.8, 4) is 5.75 Å². The van der Waals surface area contributed by atoms with Gasteiger partial charge >= 0.3 is 0 Å². The van der Waals surface area contributed by atoms with Crippen LogP contribution < -0.4 is 10.1 Å². The topological polar surface area (TPSA) is 67.0 Å². The van der Waals surface area contributed by atoms with Crippen LogP contribution in [0.15, 0.2) is 30.5 Å². The highest BCUT2D eigenvalue weighted by Gasteiger charge is 2.07. The van der Waals surface area contributed by atoms with E-state index in [-0.39, 0.29) is 5.91 Å². The molecule has 0 aliphatic heterocycles. The summed E-state index contributed by atoms with van der Waals surface area (Å²) in [4.78, 5) is 11.8. The third kappa shape index (κ3) is 2.88. The molecule has 1 aromatic heterocycles. The second-order valence-corrected chi connectivity index (χ2v) is 4.00. The molecule has 0 atom stereocenters. The van der Waals surface area contributed by atoms with Crippen LogP contribution in [0.25, 0.3) is 0 Å². The van der Waals surface area contributed by atoms with Gasteiger partial charge in [-0.25, -0.2) is 0 Å². The zero-order valence-corrected chi connectivity index (χ0v) is 10.4. The molecule has 5 nitrogen and oxygen atoms in total. The van der Waals surface area contributed by atoms with Crippen LogP contribution >= 0.6 is 0 Å². The molecular weight excluding hydrogens is 230 g/mol. The van der Waals surface area contributed by atoms with E-state index in [4.69, 9.17) is 4.74 Å². The predicted octanol–water partition coefficient (Wildman–Crippen LogP) is 1.91. The molecule has 0 spiro atoms. The minimum atomic E-state index is -0.0874. The number of rotatable bonds is 4. The fourth-order valence-electron chi connectivity index (χ4n) is 1.62. The van der Waals surface area contributed by atoms with Crippen LogP contribution in [0.1, 0.15) is 11.1 Å². The standard InChI is InChI=1S/C13H15N3O2/c1-9-8-14-16-13(9)15-12(17)7-10-4-3-5-11(6-10)18-2/h3-6,8H,7H2,1-2H3,(H2,14,15,16,17). The predicted molar refractivity (Wildman–Crippen MR) is 68.7 cm³/mol. The Morgan fingerprint density at radius 3 is 3.00 bits per heavy atom. The average molecular weight is 245 g/mol. The van der Waals surface area contributed by atoms with Gasteiger partial charge in [-0.05, 0) is 24.6 Å². The smallest absolute Gasteiger partial charge is 0.229 e. The molecule has 94 valence electrons. The van der Waals surface area contributed by atoms with E-state index >= 15 is 0 Å². The van der Waals surface area contributed by atoms with Gasteiger partial charge in [0.15, 0.2) is 0 Å². The Hall–Kier alpha value is -2.30. The maximum absolute atomic E-state index is 11.8. The number of amides is 1. The molecule has 5 heteroatoms. The quantitative estimate of drug-likeness (QED) is 0.864. The van der Waals surface area contributed by atoms with Gasteiger partial charge in [0, 0.05) is 5.56 Å². The molecule has 2 N–H and O–H groups in total. The first kappa shape index (κ1) is 12.2. The summed E-state index contributed by atoms with van der Waals surface area (Å²) in [5.41, 5.74) is 1.82. The Labute approximate surface area is 105 Å². The van der Waals surface area contributed by atoms with Crippen molar-refractivity contribution >= 4 is 11.7 Å². The van der Waals surface area contributed by atoms with Gasteiger partial charge < -0.3 is 10.1 Å². The van der Waals surface area contributed by atoms with Gasteiger partial charge in [0.25, 0.3) is 0 Å². The highest BCUT2D eigenvalue weighted by Crippen LogP contribution is 2.14. The number of aryl methyl sites for hydroxylation is 1. The second kappa shape index (κ2) is 5.35. The van der Waals surface area contributed by atoms with Gasteiger partial charge in [0.1, 0.15) is 11.6 Å². The van der Waals surface area contributed by atoms with Gasteiger partial charge in [0.05, 0.1) is 19.7 Å². The van der Waals surface area contributed by atoms with E-state index in [9.17, 15) is 4.79 Å². The van der Waals surface area contributed by atoms with Crippen LogP contribution in [0.5, 0.6) is 5.75 Å². The number of carbonyl (C=O) groups excluding carboxylic acids is 1. The van der Waals surface area contributed by atoms with E-state index in [1.165, 1.54) is 0 Å². The van der Waals surface area contributed by atoms with Crippen LogP contribution in [0, 0.1) is 6.92 Å². The van der Waals surface area contributed by atoms with Gasteiger partial charge in [-0.3, -0.25) is 9.89 Å². The number of benzene rings is 1. The minimum Gasteiger partial charge on any atom is -0.497 e. The van der Waals surface area contributed by atoms with E-state index in [0.29, 0.717) is 12.2 Å². The summed E-state index contributed by atoms with van der Waals surface area (Å²) >= 11 is 0. The monoisotopic (exact) mass is 245 g/mol. The number of hydrogen-bond donors (Lipinski definition) is 2. The number of nitrogens with one attached hydrogen (secondary N) is 2. The molecular formula is C13H15N3O2. The third-order valence-electron chi connectivity index (χ3n) is 2.59. The van der Waals surface area contributed by atoms with Gasteiger partial charge in [-0.15, -0.1) is 0 Å². The normalized spacial score (nSPS) is 10.1. The lowest BCUT2D eigenvalue weighted by molar-refractivity contribution is -0.115. The molecule has 1 heterocycles. The average Bonchev–Trinajstić information content (AvgIpc) is 2.75. The van der Waals surface area contributed by atoms with Gasteiger partial charge in [-0.2, -0.15) is 5.10 Å². The Morgan fingerprint density at radius 1 is 1.50 bits per heavy atom. The van der Waals surface area contributed by atoms with Crippen LogP contribution in [-0.4, -0.2) is 23.2 Å². The van der Waals surface area contributed by atoms with Crippen molar-refractivity contribution in [1.82, 2.24) is 10.2 Å². The maximum atomic E-state index is 11.8. The molecule has 2 aromatic rings. The number of H-pyrrole nitrogens is 1. The minimum absolute atomic E-state index is 0.0874. The molecule has 0 bridgehead atoms. The fourth-order valence-corrected chi connectivity index (χ4v) is 1.62. The Kier molecular flexibility index (Phi) is 3.62. The van der Waals surface area contributed by atoms with Crippen molar-refractivity contribution in [1.29, 1.82) is 0 Å². The number of carbonyl (C=O) groups is 1. The molecule has 0 unspecified atom stereocenters. The number of nitrogens with zero attached hydrogens (tertiary/aromatic N) is 1. The Morgan fingerprint density at radius 2 is 2.33 bits per heavy atom. The van der Waals surface area contributed by atoms with E-state index in [1.54, 1.807) is 13.3 Å². The van der Waals surface area contributed by atoms with Crippen molar-refractivity contribution in [3.05, 3.63) is 41.6 Å². The first-order chi connectivity index (χ1) is 8.69. The molecule has 1 aromatic carbocycles. The van der Waals surface area contributed by atoms with E-state index in [2.05, 4.69) is 15.5 Å². The summed E-state index contributed by atoms with van der Waals surface area (Å²) in [6, 6.07) is 7.45. The molecule has 0 saturated heterocycles. The summed E-state index contributed by atoms with van der Waals surface area (Å²) in [5, 5.41) is 9.37. The Bertz CT molecular complexity index is 549. The number of anilines is 1. The molecule has 18 heavy (non-hydrogen) atoms. The molecule has 1 amide bonds. The van der Waals surface area contributed by atoms with Crippen molar-refractivity contribution in [2.75, 3.05) is 12.4 Å². The van der Waals surface area contributed by atoms with Crippen LogP contribution in [-0.2, 0) is 11.2 Å². The summed E-state index contributed by atoms with van der Waals surface area (Å²) in [7, 11) is 1.60. The Balaban J connectivity index is 2.01. The van der Waals surface area contributed by atoms with Crippen molar-refractivity contribution in [2.24, 2.45) is 0 Å². The van der Waals surface area contributed by atoms with E-state index < -0.39 is 0 Å². The lowest BCUT2D eigenvalue weighted by atomic mass is 10.1. The highest BCUT2D eigenvalue weighted by atomic mass is 16.5. The lowest BCUT2D eigenvalue weighted by Crippen LogP contribution is -2.15. The molecule has 0 radical (unpaired) electrons. The zero-order chi connectivity index (χ0) is 13.0. The number of aromatic nitrogens is 2. The number of hydrogen-bond acceptors (Lipinski definition) is 3. The summed E-state index contributed by atoms with van der Waals surface area (Å²) < 4.78 is 5.11. The van der Waals surface area contributed by atoms with E-state index in [1.807, 2.05) is 31.2 Å². The largest absolute Gasteiger partial charge is 0.497 e. The van der Waals surface area contributed by atoms with E-state index in [0.717, 1.165) is 16.9 Å². The number of ether oxygens (including phenoxy) is 1. The third-order valence-corrected chi connectivity index (χ3v) is 2.59. The van der Waals surface area contributed by atoms with Gasteiger partial charge in [-0.1, -0.05) is 12.1 Å². The first-order valence-corrected chi connectivity index (χ1v) is 5.62.